The molecule has 1 fully saturated rings. The monoisotopic (exact) mass is 432 g/mol. The summed E-state index contributed by atoms with van der Waals surface area (Å²) in [4.78, 5) is 17.0. The maximum absolute atomic E-state index is 12.7. The van der Waals surface area contributed by atoms with Crippen LogP contribution in [0.25, 0.3) is 11.0 Å². The van der Waals surface area contributed by atoms with Gasteiger partial charge < -0.3 is 9.32 Å². The molecule has 1 saturated heterocycles. The molecule has 3 aromatic rings. The van der Waals surface area contributed by atoms with Crippen LogP contribution in [0.15, 0.2) is 57.8 Å². The number of piperazine rings is 1. The summed E-state index contributed by atoms with van der Waals surface area (Å²) in [6.07, 6.45) is 1.15. The van der Waals surface area contributed by atoms with Crippen LogP contribution in [0.5, 0.6) is 0 Å². The van der Waals surface area contributed by atoms with Gasteiger partial charge in [0.2, 0.25) is 0 Å². The minimum Gasteiger partial charge on any atom is -0.460 e. The van der Waals surface area contributed by atoms with Crippen LogP contribution < -0.4 is 0 Å². The van der Waals surface area contributed by atoms with Crippen LogP contribution in [0, 0.1) is 0 Å². The van der Waals surface area contributed by atoms with E-state index in [2.05, 4.69) is 4.90 Å². The molecular weight excluding hydrogens is 412 g/mol. The predicted octanol–water partition coefficient (Wildman–Crippen LogP) is 3.45. The first-order chi connectivity index (χ1) is 13.8. The van der Waals surface area contributed by atoms with Crippen molar-refractivity contribution in [3.63, 3.8) is 0 Å². The molecule has 0 unspecified atom stereocenters. The molecule has 2 heterocycles. The number of furan rings is 1. The Morgan fingerprint density at radius 2 is 1.72 bits per heavy atom. The maximum atomic E-state index is 12.7. The molecule has 0 atom stereocenters. The van der Waals surface area contributed by atoms with Gasteiger partial charge in [0.05, 0.1) is 11.4 Å². The van der Waals surface area contributed by atoms with Gasteiger partial charge in [0.1, 0.15) is 11.3 Å². The number of hydrogen-bond donors (Lipinski definition) is 0. The number of fused-ring (bicyclic) bond motifs is 1. The molecule has 1 aliphatic rings. The lowest BCUT2D eigenvalue weighted by Gasteiger charge is -2.34. The molecule has 2 aromatic carbocycles. The van der Waals surface area contributed by atoms with E-state index in [-0.39, 0.29) is 10.8 Å². The summed E-state index contributed by atoms with van der Waals surface area (Å²) in [6, 6.07) is 13.7. The first-order valence-corrected chi connectivity index (χ1v) is 11.6. The Labute approximate surface area is 174 Å². The molecule has 0 saturated carbocycles. The number of rotatable bonds is 4. The molecule has 0 aliphatic carbocycles. The third kappa shape index (κ3) is 4.47. The molecule has 1 aromatic heterocycles. The number of amides is 1. The third-order valence-electron chi connectivity index (χ3n) is 5.10. The van der Waals surface area contributed by atoms with E-state index in [4.69, 9.17) is 16.0 Å². The molecule has 0 bridgehead atoms. The number of benzene rings is 2. The van der Waals surface area contributed by atoms with Gasteiger partial charge in [-0.1, -0.05) is 11.6 Å². The van der Waals surface area contributed by atoms with Crippen LogP contribution in [0.4, 0.5) is 0 Å². The Morgan fingerprint density at radius 3 is 2.38 bits per heavy atom. The van der Waals surface area contributed by atoms with Crippen molar-refractivity contribution in [1.29, 1.82) is 0 Å². The molecule has 29 heavy (non-hydrogen) atoms. The zero-order chi connectivity index (χ0) is 20.6. The first kappa shape index (κ1) is 19.9. The first-order valence-electron chi connectivity index (χ1n) is 9.29. The zero-order valence-corrected chi connectivity index (χ0v) is 17.5. The summed E-state index contributed by atoms with van der Waals surface area (Å²) in [5.74, 6) is 0.793. The fourth-order valence-corrected chi connectivity index (χ4v) is 4.31. The van der Waals surface area contributed by atoms with E-state index < -0.39 is 9.84 Å². The average Bonchev–Trinajstić information content (AvgIpc) is 3.09. The molecule has 152 valence electrons. The smallest absolute Gasteiger partial charge is 0.253 e. The number of hydrogen-bond acceptors (Lipinski definition) is 5. The molecule has 4 rings (SSSR count). The lowest BCUT2D eigenvalue weighted by Crippen LogP contribution is -2.48. The van der Waals surface area contributed by atoms with Crippen LogP contribution in [0.3, 0.4) is 0 Å². The Bertz CT molecular complexity index is 1150. The van der Waals surface area contributed by atoms with E-state index in [0.29, 0.717) is 30.2 Å². The molecule has 8 heteroatoms. The minimum absolute atomic E-state index is 0.0805. The Morgan fingerprint density at radius 1 is 1.03 bits per heavy atom. The van der Waals surface area contributed by atoms with Crippen molar-refractivity contribution in [1.82, 2.24) is 9.80 Å². The molecule has 1 amide bonds. The second-order valence-electron chi connectivity index (χ2n) is 7.26. The van der Waals surface area contributed by atoms with Gasteiger partial charge in [0.15, 0.2) is 9.84 Å². The van der Waals surface area contributed by atoms with E-state index in [1.165, 1.54) is 12.1 Å². The molecule has 1 aliphatic heterocycles. The van der Waals surface area contributed by atoms with Gasteiger partial charge in [-0.15, -0.1) is 0 Å². The number of carbonyl (C=O) groups is 1. The van der Waals surface area contributed by atoms with Crippen molar-refractivity contribution in [2.75, 3.05) is 32.4 Å². The summed E-state index contributed by atoms with van der Waals surface area (Å²) < 4.78 is 29.0. The quantitative estimate of drug-likeness (QED) is 0.631. The average molecular weight is 433 g/mol. The van der Waals surface area contributed by atoms with Crippen molar-refractivity contribution in [3.05, 3.63) is 64.9 Å². The van der Waals surface area contributed by atoms with Crippen LogP contribution in [0.1, 0.15) is 16.1 Å². The van der Waals surface area contributed by atoms with Gasteiger partial charge in [0, 0.05) is 48.4 Å². The Hall–Kier alpha value is -2.35. The Kier molecular flexibility index (Phi) is 5.38. The highest BCUT2D eigenvalue weighted by Crippen LogP contribution is 2.24. The normalized spacial score (nSPS) is 15.7. The van der Waals surface area contributed by atoms with Crippen molar-refractivity contribution in [2.24, 2.45) is 0 Å². The van der Waals surface area contributed by atoms with Crippen LogP contribution in [-0.2, 0) is 16.4 Å². The summed E-state index contributed by atoms with van der Waals surface area (Å²) in [6.45, 7) is 3.38. The van der Waals surface area contributed by atoms with Crippen molar-refractivity contribution < 1.29 is 17.6 Å². The van der Waals surface area contributed by atoms with Crippen molar-refractivity contribution >= 4 is 38.3 Å². The molecule has 0 spiro atoms. The second kappa shape index (κ2) is 7.82. The van der Waals surface area contributed by atoms with E-state index >= 15 is 0 Å². The third-order valence-corrected chi connectivity index (χ3v) is 6.46. The van der Waals surface area contributed by atoms with Crippen LogP contribution >= 0.6 is 11.6 Å². The fourth-order valence-electron chi connectivity index (χ4n) is 3.50. The highest BCUT2D eigenvalue weighted by molar-refractivity contribution is 7.90. The molecule has 6 nitrogen and oxygen atoms in total. The van der Waals surface area contributed by atoms with Gasteiger partial charge >= 0.3 is 0 Å². The molecule has 0 N–H and O–H groups in total. The fraction of sp³-hybridized carbons (Fsp3) is 0.286. The summed E-state index contributed by atoms with van der Waals surface area (Å²) >= 11 is 6.03. The maximum Gasteiger partial charge on any atom is 0.253 e. The summed E-state index contributed by atoms with van der Waals surface area (Å²) in [5, 5.41) is 1.67. The predicted molar refractivity (Wildman–Crippen MR) is 112 cm³/mol. The number of halogens is 1. The largest absolute Gasteiger partial charge is 0.460 e. The summed E-state index contributed by atoms with van der Waals surface area (Å²) in [7, 11) is -3.27. The zero-order valence-electron chi connectivity index (χ0n) is 16.0. The van der Waals surface area contributed by atoms with Crippen molar-refractivity contribution in [2.45, 2.75) is 11.4 Å². The second-order valence-corrected chi connectivity index (χ2v) is 9.71. The van der Waals surface area contributed by atoms with Gasteiger partial charge in [-0.2, -0.15) is 0 Å². The van der Waals surface area contributed by atoms with Crippen molar-refractivity contribution in [3.8, 4) is 0 Å². The number of sulfone groups is 1. The van der Waals surface area contributed by atoms with Gasteiger partial charge in [-0.25, -0.2) is 8.42 Å². The molecule has 0 radical (unpaired) electrons. The number of nitrogens with zero attached hydrogens (tertiary/aromatic N) is 2. The lowest BCUT2D eigenvalue weighted by molar-refractivity contribution is 0.0621. The van der Waals surface area contributed by atoms with Crippen LogP contribution in [0.2, 0.25) is 5.02 Å². The van der Waals surface area contributed by atoms with Gasteiger partial charge in [-0.3, -0.25) is 9.69 Å². The standard InChI is InChI=1S/C21H21ClN2O4S/c1-29(26,27)19-5-2-15(3-6-19)21(25)24-10-8-23(9-11-24)14-18-13-16-12-17(22)4-7-20(16)28-18/h2-7,12-13H,8-11,14H2,1H3. The van der Waals surface area contributed by atoms with Gasteiger partial charge in [-0.05, 0) is 48.5 Å². The van der Waals surface area contributed by atoms with E-state index in [9.17, 15) is 13.2 Å². The van der Waals surface area contributed by atoms with Gasteiger partial charge in [0.25, 0.3) is 5.91 Å². The highest BCUT2D eigenvalue weighted by atomic mass is 35.5. The Balaban J connectivity index is 1.36. The topological polar surface area (TPSA) is 70.8 Å². The lowest BCUT2D eigenvalue weighted by atomic mass is 10.2. The SMILES string of the molecule is CS(=O)(=O)c1ccc(C(=O)N2CCN(Cc3cc4cc(Cl)ccc4o3)CC2)cc1. The highest BCUT2D eigenvalue weighted by Gasteiger charge is 2.23. The van der Waals surface area contributed by atoms with Crippen LogP contribution in [-0.4, -0.2) is 56.6 Å². The van der Waals surface area contributed by atoms with E-state index in [1.807, 2.05) is 24.3 Å². The van der Waals surface area contributed by atoms with E-state index in [1.54, 1.807) is 17.0 Å². The number of carbonyl (C=O) groups excluding carboxylic acids is 1. The molecular formula is C21H21ClN2O4S. The summed E-state index contributed by atoms with van der Waals surface area (Å²) in [5.41, 5.74) is 1.32. The van der Waals surface area contributed by atoms with E-state index in [0.717, 1.165) is 36.1 Å². The minimum atomic E-state index is -3.27.